The highest BCUT2D eigenvalue weighted by molar-refractivity contribution is 6.11. The SMILES string of the molecule is COc1ccc(C)c(-n2c(N)c(C(N)=O)c3cc(C#N)c4ncnn4c32)c1C. The molecule has 0 aliphatic carbocycles. The summed E-state index contributed by atoms with van der Waals surface area (Å²) >= 11 is 0. The number of hydrogen-bond donors (Lipinski definition) is 2. The van der Waals surface area contributed by atoms with Crippen molar-refractivity contribution in [2.24, 2.45) is 5.73 Å². The van der Waals surface area contributed by atoms with Crippen LogP contribution >= 0.6 is 0 Å². The number of methoxy groups -OCH3 is 1. The number of anilines is 1. The number of ether oxygens (including phenoxy) is 1. The first-order chi connectivity index (χ1) is 13.4. The van der Waals surface area contributed by atoms with E-state index in [2.05, 4.69) is 16.2 Å². The molecular formula is C19H17N7O2. The standard InChI is InChI=1S/C19H17N7O2/c1-9-4-5-13(28-3)10(2)15(9)25-16(21)14(17(22)27)12-6-11(7-20)18-23-8-24-26(18)19(12)25/h4-6,8H,21H2,1-3H3,(H2,22,27). The van der Waals surface area contributed by atoms with E-state index >= 15 is 0 Å². The minimum Gasteiger partial charge on any atom is -0.496 e. The molecule has 0 bridgehead atoms. The van der Waals surface area contributed by atoms with Crippen molar-refractivity contribution in [2.45, 2.75) is 13.8 Å². The number of benzene rings is 1. The van der Waals surface area contributed by atoms with E-state index in [9.17, 15) is 10.1 Å². The van der Waals surface area contributed by atoms with Gasteiger partial charge >= 0.3 is 0 Å². The van der Waals surface area contributed by atoms with Gasteiger partial charge in [0.05, 0.1) is 23.9 Å². The number of pyridine rings is 1. The van der Waals surface area contributed by atoms with Crippen LogP contribution in [0.25, 0.3) is 22.4 Å². The van der Waals surface area contributed by atoms with Gasteiger partial charge in [-0.1, -0.05) is 6.07 Å². The topological polar surface area (TPSA) is 137 Å². The van der Waals surface area contributed by atoms with E-state index < -0.39 is 5.91 Å². The van der Waals surface area contributed by atoms with Crippen LogP contribution in [0.1, 0.15) is 27.0 Å². The van der Waals surface area contributed by atoms with Crippen molar-refractivity contribution < 1.29 is 9.53 Å². The molecule has 9 heteroatoms. The van der Waals surface area contributed by atoms with Crippen LogP contribution in [0, 0.1) is 25.2 Å². The molecule has 0 radical (unpaired) electrons. The molecule has 0 saturated carbocycles. The summed E-state index contributed by atoms with van der Waals surface area (Å²) in [6.07, 6.45) is 1.35. The minimum absolute atomic E-state index is 0.130. The minimum atomic E-state index is -0.692. The smallest absolute Gasteiger partial charge is 0.253 e. The summed E-state index contributed by atoms with van der Waals surface area (Å²) in [5.41, 5.74) is 15.8. The van der Waals surface area contributed by atoms with Crippen LogP contribution in [0.15, 0.2) is 24.5 Å². The molecule has 0 unspecified atom stereocenters. The summed E-state index contributed by atoms with van der Waals surface area (Å²) < 4.78 is 8.66. The maximum Gasteiger partial charge on any atom is 0.253 e. The molecule has 0 aliphatic rings. The molecule has 0 aliphatic heterocycles. The second-order valence-corrected chi connectivity index (χ2v) is 6.42. The highest BCUT2D eigenvalue weighted by atomic mass is 16.5. The Morgan fingerprint density at radius 1 is 1.32 bits per heavy atom. The van der Waals surface area contributed by atoms with Crippen LogP contribution in [0.2, 0.25) is 0 Å². The molecule has 9 nitrogen and oxygen atoms in total. The number of nitrogens with two attached hydrogens (primary N) is 2. The lowest BCUT2D eigenvalue weighted by molar-refractivity contribution is 0.100. The van der Waals surface area contributed by atoms with E-state index in [4.69, 9.17) is 16.2 Å². The summed E-state index contributed by atoms with van der Waals surface area (Å²) in [5.74, 6) is 0.141. The third-order valence-electron chi connectivity index (χ3n) is 4.89. The van der Waals surface area contributed by atoms with Crippen molar-refractivity contribution in [1.29, 1.82) is 5.26 Å². The van der Waals surface area contributed by atoms with E-state index in [-0.39, 0.29) is 16.9 Å². The van der Waals surface area contributed by atoms with Crippen molar-refractivity contribution in [1.82, 2.24) is 19.2 Å². The summed E-state index contributed by atoms with van der Waals surface area (Å²) in [5, 5.41) is 14.2. The van der Waals surface area contributed by atoms with Crippen molar-refractivity contribution in [3.05, 3.63) is 46.8 Å². The van der Waals surface area contributed by atoms with Gasteiger partial charge in [-0.2, -0.15) is 14.9 Å². The number of nitriles is 1. The normalized spacial score (nSPS) is 11.1. The van der Waals surface area contributed by atoms with Crippen molar-refractivity contribution in [3.63, 3.8) is 0 Å². The van der Waals surface area contributed by atoms with Gasteiger partial charge in [-0.15, -0.1) is 0 Å². The Morgan fingerprint density at radius 3 is 2.71 bits per heavy atom. The molecule has 4 N–H and O–H groups in total. The van der Waals surface area contributed by atoms with Crippen LogP contribution in [0.4, 0.5) is 5.82 Å². The second-order valence-electron chi connectivity index (χ2n) is 6.42. The van der Waals surface area contributed by atoms with Crippen molar-refractivity contribution >= 4 is 28.4 Å². The van der Waals surface area contributed by atoms with Crippen LogP contribution < -0.4 is 16.2 Å². The zero-order valence-corrected chi connectivity index (χ0v) is 15.5. The predicted molar refractivity (Wildman–Crippen MR) is 103 cm³/mol. The lowest BCUT2D eigenvalue weighted by Crippen LogP contribution is -2.14. The van der Waals surface area contributed by atoms with Gasteiger partial charge in [0.15, 0.2) is 11.3 Å². The lowest BCUT2D eigenvalue weighted by atomic mass is 10.1. The molecule has 0 saturated heterocycles. The fourth-order valence-electron chi connectivity index (χ4n) is 3.68. The first kappa shape index (κ1) is 17.4. The van der Waals surface area contributed by atoms with Crippen molar-refractivity contribution in [2.75, 3.05) is 12.8 Å². The van der Waals surface area contributed by atoms with E-state index in [1.54, 1.807) is 17.7 Å². The monoisotopic (exact) mass is 375 g/mol. The first-order valence-corrected chi connectivity index (χ1v) is 8.41. The number of rotatable bonds is 3. The fraction of sp³-hybridized carbons (Fsp3) is 0.158. The number of fused-ring (bicyclic) bond motifs is 3. The second kappa shape index (κ2) is 5.99. The van der Waals surface area contributed by atoms with E-state index in [0.717, 1.165) is 16.8 Å². The molecule has 0 atom stereocenters. The third-order valence-corrected chi connectivity index (χ3v) is 4.89. The van der Waals surface area contributed by atoms with E-state index in [0.29, 0.717) is 22.4 Å². The van der Waals surface area contributed by atoms with Gasteiger partial charge in [0.25, 0.3) is 5.91 Å². The number of primary amides is 1. The summed E-state index contributed by atoms with van der Waals surface area (Å²) in [7, 11) is 1.59. The Morgan fingerprint density at radius 2 is 2.07 bits per heavy atom. The predicted octanol–water partition coefficient (Wildman–Crippen LogP) is 1.85. The third kappa shape index (κ3) is 2.15. The molecular weight excluding hydrogens is 358 g/mol. The van der Waals surface area contributed by atoms with Gasteiger partial charge < -0.3 is 16.2 Å². The van der Waals surface area contributed by atoms with Gasteiger partial charge in [0, 0.05) is 10.9 Å². The molecule has 3 heterocycles. The summed E-state index contributed by atoms with van der Waals surface area (Å²) in [6, 6.07) is 7.41. The highest BCUT2D eigenvalue weighted by Gasteiger charge is 2.26. The highest BCUT2D eigenvalue weighted by Crippen LogP contribution is 2.37. The Labute approximate surface area is 159 Å². The Hall–Kier alpha value is -4.06. The van der Waals surface area contributed by atoms with Crippen LogP contribution in [0.3, 0.4) is 0 Å². The fourth-order valence-corrected chi connectivity index (χ4v) is 3.68. The average Bonchev–Trinajstić information content (AvgIpc) is 3.24. The summed E-state index contributed by atoms with van der Waals surface area (Å²) in [4.78, 5) is 16.4. The van der Waals surface area contributed by atoms with Gasteiger partial charge in [0.2, 0.25) is 0 Å². The quantitative estimate of drug-likeness (QED) is 0.560. The first-order valence-electron chi connectivity index (χ1n) is 8.41. The van der Waals surface area contributed by atoms with Gasteiger partial charge in [-0.25, -0.2) is 4.98 Å². The van der Waals surface area contributed by atoms with Gasteiger partial charge in [0.1, 0.15) is 24.0 Å². The summed E-state index contributed by atoms with van der Waals surface area (Å²) in [6.45, 7) is 3.83. The van der Waals surface area contributed by atoms with Crippen LogP contribution in [0.5, 0.6) is 5.75 Å². The number of carbonyl (C=O) groups is 1. The van der Waals surface area contributed by atoms with Crippen LogP contribution in [-0.2, 0) is 0 Å². The zero-order chi connectivity index (χ0) is 20.2. The number of amides is 1. The molecule has 0 spiro atoms. The van der Waals surface area contributed by atoms with Crippen molar-refractivity contribution in [3.8, 4) is 17.5 Å². The number of aryl methyl sites for hydroxylation is 1. The molecule has 4 aromatic rings. The number of hydrogen-bond acceptors (Lipinski definition) is 6. The molecule has 0 fully saturated rings. The zero-order valence-electron chi connectivity index (χ0n) is 15.5. The molecule has 4 rings (SSSR count). The Bertz CT molecular complexity index is 1320. The lowest BCUT2D eigenvalue weighted by Gasteiger charge is -2.17. The van der Waals surface area contributed by atoms with E-state index in [1.165, 1.54) is 10.8 Å². The van der Waals surface area contributed by atoms with Crippen LogP contribution in [-0.4, -0.2) is 32.2 Å². The maximum atomic E-state index is 12.2. The molecule has 3 aromatic heterocycles. The Kier molecular flexibility index (Phi) is 3.71. The number of aromatic nitrogens is 4. The Balaban J connectivity index is 2.30. The molecule has 28 heavy (non-hydrogen) atoms. The number of nitrogens with zero attached hydrogens (tertiary/aromatic N) is 5. The largest absolute Gasteiger partial charge is 0.496 e. The van der Waals surface area contributed by atoms with E-state index in [1.807, 2.05) is 26.0 Å². The molecule has 1 amide bonds. The average molecular weight is 375 g/mol. The molecule has 1 aromatic carbocycles. The number of carbonyl (C=O) groups excluding carboxylic acids is 1. The van der Waals surface area contributed by atoms with Gasteiger partial charge in [-0.3, -0.25) is 9.36 Å². The maximum absolute atomic E-state index is 12.2. The number of nitrogen functional groups attached to an aromatic ring is 1. The van der Waals surface area contributed by atoms with Gasteiger partial charge in [-0.05, 0) is 31.5 Å². The molecule has 140 valence electrons.